The topological polar surface area (TPSA) is 84.2 Å². The molecule has 2 aromatic rings. The highest BCUT2D eigenvalue weighted by Crippen LogP contribution is 2.24. The van der Waals surface area contributed by atoms with Crippen molar-refractivity contribution < 1.29 is 14.3 Å². The molecular formula is C19H21N3O3. The van der Waals surface area contributed by atoms with Gasteiger partial charge in [-0.15, -0.1) is 0 Å². The third-order valence-corrected chi connectivity index (χ3v) is 3.86. The number of carbonyl (C=O) groups excluding carboxylic acids is 1. The Labute approximate surface area is 147 Å². The van der Waals surface area contributed by atoms with Gasteiger partial charge in [-0.25, -0.2) is 0 Å². The highest BCUT2D eigenvalue weighted by atomic mass is 16.5. The molecule has 1 atom stereocenters. The van der Waals surface area contributed by atoms with E-state index in [9.17, 15) is 4.79 Å². The molecule has 25 heavy (non-hydrogen) atoms. The SMILES string of the molecule is COc1c(C)cnc(CNC(=O)C(C)Oc2ccccc2C#N)c1C. The lowest BCUT2D eigenvalue weighted by Crippen LogP contribution is -2.36. The first kappa shape index (κ1) is 18.3. The van der Waals surface area contributed by atoms with Crippen molar-refractivity contribution in [3.8, 4) is 17.6 Å². The molecule has 1 aromatic carbocycles. The summed E-state index contributed by atoms with van der Waals surface area (Å²) in [5.74, 6) is 0.874. The molecule has 0 bridgehead atoms. The zero-order chi connectivity index (χ0) is 18.4. The van der Waals surface area contributed by atoms with Crippen LogP contribution in [-0.4, -0.2) is 24.1 Å². The number of nitrogens with zero attached hydrogens (tertiary/aromatic N) is 2. The highest BCUT2D eigenvalue weighted by molar-refractivity contribution is 5.80. The summed E-state index contributed by atoms with van der Waals surface area (Å²) < 4.78 is 11.0. The van der Waals surface area contributed by atoms with Crippen LogP contribution in [0.1, 0.15) is 29.3 Å². The van der Waals surface area contributed by atoms with Crippen molar-refractivity contribution in [3.05, 3.63) is 52.8 Å². The van der Waals surface area contributed by atoms with E-state index >= 15 is 0 Å². The maximum atomic E-state index is 12.3. The molecule has 130 valence electrons. The molecule has 0 aliphatic heterocycles. The van der Waals surface area contributed by atoms with Gasteiger partial charge in [-0.2, -0.15) is 5.26 Å². The molecule has 6 nitrogen and oxygen atoms in total. The number of pyridine rings is 1. The van der Waals surface area contributed by atoms with Crippen LogP contribution in [0.2, 0.25) is 0 Å². The molecule has 0 fully saturated rings. The lowest BCUT2D eigenvalue weighted by molar-refractivity contribution is -0.127. The molecule has 1 heterocycles. The number of hydrogen-bond donors (Lipinski definition) is 1. The van der Waals surface area contributed by atoms with E-state index in [0.717, 1.165) is 22.6 Å². The summed E-state index contributed by atoms with van der Waals surface area (Å²) >= 11 is 0. The number of rotatable bonds is 6. The van der Waals surface area contributed by atoms with Crippen LogP contribution in [0.4, 0.5) is 0 Å². The predicted octanol–water partition coefficient (Wildman–Crippen LogP) is 2.66. The molecule has 0 radical (unpaired) electrons. The van der Waals surface area contributed by atoms with E-state index in [4.69, 9.17) is 14.7 Å². The minimum absolute atomic E-state index is 0.273. The van der Waals surface area contributed by atoms with Gasteiger partial charge in [0.2, 0.25) is 0 Å². The first-order valence-electron chi connectivity index (χ1n) is 7.90. The van der Waals surface area contributed by atoms with Gasteiger partial charge in [0, 0.05) is 17.3 Å². The average molecular weight is 339 g/mol. The Kier molecular flexibility index (Phi) is 5.96. The van der Waals surface area contributed by atoms with E-state index < -0.39 is 6.10 Å². The normalized spacial score (nSPS) is 11.3. The molecule has 0 saturated heterocycles. The fourth-order valence-electron chi connectivity index (χ4n) is 2.47. The number of aryl methyl sites for hydroxylation is 1. The largest absolute Gasteiger partial charge is 0.496 e. The molecule has 0 aliphatic rings. The average Bonchev–Trinajstić information content (AvgIpc) is 2.61. The van der Waals surface area contributed by atoms with E-state index in [1.165, 1.54) is 0 Å². The van der Waals surface area contributed by atoms with Crippen molar-refractivity contribution in [1.29, 1.82) is 5.26 Å². The summed E-state index contributed by atoms with van der Waals surface area (Å²) in [7, 11) is 1.61. The summed E-state index contributed by atoms with van der Waals surface area (Å²) in [5, 5.41) is 11.9. The number of nitrogens with one attached hydrogen (secondary N) is 1. The quantitative estimate of drug-likeness (QED) is 0.874. The molecule has 1 unspecified atom stereocenters. The Morgan fingerprint density at radius 3 is 2.76 bits per heavy atom. The van der Waals surface area contributed by atoms with Crippen LogP contribution in [-0.2, 0) is 11.3 Å². The number of nitriles is 1. The zero-order valence-electron chi connectivity index (χ0n) is 14.8. The van der Waals surface area contributed by atoms with E-state index in [2.05, 4.69) is 10.3 Å². The summed E-state index contributed by atoms with van der Waals surface area (Å²) in [4.78, 5) is 16.6. The Bertz CT molecular complexity index is 812. The molecular weight excluding hydrogens is 318 g/mol. The van der Waals surface area contributed by atoms with Crippen LogP contribution < -0.4 is 14.8 Å². The maximum Gasteiger partial charge on any atom is 0.261 e. The van der Waals surface area contributed by atoms with Crippen LogP contribution in [0.3, 0.4) is 0 Å². The standard InChI is InChI=1S/C19H21N3O3/c1-12-10-21-16(13(2)18(12)24-4)11-22-19(23)14(3)25-17-8-6-5-7-15(17)9-20/h5-8,10,14H,11H2,1-4H3,(H,22,23). The monoisotopic (exact) mass is 339 g/mol. The first-order chi connectivity index (χ1) is 12.0. The van der Waals surface area contributed by atoms with E-state index in [1.807, 2.05) is 19.9 Å². The van der Waals surface area contributed by atoms with Crippen LogP contribution in [0.25, 0.3) is 0 Å². The Balaban J connectivity index is 2.02. The summed E-state index contributed by atoms with van der Waals surface area (Å²) in [6, 6.07) is 8.85. The van der Waals surface area contributed by atoms with Crippen molar-refractivity contribution >= 4 is 5.91 Å². The summed E-state index contributed by atoms with van der Waals surface area (Å²) in [6.45, 7) is 5.74. The predicted molar refractivity (Wildman–Crippen MR) is 93.4 cm³/mol. The van der Waals surface area contributed by atoms with Gasteiger partial charge in [0.05, 0.1) is 24.9 Å². The third kappa shape index (κ3) is 4.27. The number of ether oxygens (including phenoxy) is 2. The molecule has 2 rings (SSSR count). The zero-order valence-corrected chi connectivity index (χ0v) is 14.8. The number of carbonyl (C=O) groups is 1. The molecule has 0 saturated carbocycles. The van der Waals surface area contributed by atoms with Gasteiger partial charge in [0.1, 0.15) is 17.6 Å². The van der Waals surface area contributed by atoms with Gasteiger partial charge in [-0.05, 0) is 32.9 Å². The van der Waals surface area contributed by atoms with Gasteiger partial charge >= 0.3 is 0 Å². The van der Waals surface area contributed by atoms with Gasteiger partial charge in [0.25, 0.3) is 5.91 Å². The number of methoxy groups -OCH3 is 1. The number of para-hydroxylation sites is 1. The van der Waals surface area contributed by atoms with Crippen LogP contribution in [0.15, 0.2) is 30.5 Å². The molecule has 1 N–H and O–H groups in total. The Morgan fingerprint density at radius 2 is 2.08 bits per heavy atom. The van der Waals surface area contributed by atoms with Gasteiger partial charge in [-0.3, -0.25) is 9.78 Å². The van der Waals surface area contributed by atoms with Crippen molar-refractivity contribution in [2.45, 2.75) is 33.4 Å². The molecule has 0 spiro atoms. The Hall–Kier alpha value is -3.07. The van der Waals surface area contributed by atoms with Crippen LogP contribution in [0.5, 0.6) is 11.5 Å². The summed E-state index contributed by atoms with van der Waals surface area (Å²) in [5.41, 5.74) is 2.97. The second-order valence-electron chi connectivity index (χ2n) is 5.63. The first-order valence-corrected chi connectivity index (χ1v) is 7.90. The highest BCUT2D eigenvalue weighted by Gasteiger charge is 2.17. The molecule has 1 amide bonds. The number of hydrogen-bond acceptors (Lipinski definition) is 5. The van der Waals surface area contributed by atoms with E-state index in [1.54, 1.807) is 44.5 Å². The van der Waals surface area contributed by atoms with Crippen LogP contribution >= 0.6 is 0 Å². The number of benzene rings is 1. The minimum atomic E-state index is -0.734. The smallest absolute Gasteiger partial charge is 0.261 e. The second-order valence-corrected chi connectivity index (χ2v) is 5.63. The Morgan fingerprint density at radius 1 is 1.36 bits per heavy atom. The molecule has 0 aliphatic carbocycles. The van der Waals surface area contributed by atoms with Crippen LogP contribution in [0, 0.1) is 25.2 Å². The molecule has 6 heteroatoms. The lowest BCUT2D eigenvalue weighted by atomic mass is 10.1. The van der Waals surface area contributed by atoms with Crippen molar-refractivity contribution in [2.75, 3.05) is 7.11 Å². The lowest BCUT2D eigenvalue weighted by Gasteiger charge is -2.16. The minimum Gasteiger partial charge on any atom is -0.496 e. The number of aromatic nitrogens is 1. The van der Waals surface area contributed by atoms with Gasteiger partial charge in [0.15, 0.2) is 6.10 Å². The van der Waals surface area contributed by atoms with Crippen molar-refractivity contribution in [2.24, 2.45) is 0 Å². The fraction of sp³-hybridized carbons (Fsp3) is 0.316. The third-order valence-electron chi connectivity index (χ3n) is 3.86. The van der Waals surface area contributed by atoms with Crippen molar-refractivity contribution in [3.63, 3.8) is 0 Å². The molecule has 1 aromatic heterocycles. The van der Waals surface area contributed by atoms with Gasteiger partial charge in [-0.1, -0.05) is 12.1 Å². The van der Waals surface area contributed by atoms with Crippen molar-refractivity contribution in [1.82, 2.24) is 10.3 Å². The second kappa shape index (κ2) is 8.15. The van der Waals surface area contributed by atoms with E-state index in [-0.39, 0.29) is 12.5 Å². The summed E-state index contributed by atoms with van der Waals surface area (Å²) in [6.07, 6.45) is 0.985. The fourth-order valence-corrected chi connectivity index (χ4v) is 2.47. The van der Waals surface area contributed by atoms with E-state index in [0.29, 0.717) is 11.3 Å². The number of amides is 1. The van der Waals surface area contributed by atoms with Gasteiger partial charge < -0.3 is 14.8 Å². The maximum absolute atomic E-state index is 12.3.